The molecule has 2 aliphatic rings. The fourth-order valence-electron chi connectivity index (χ4n) is 3.82. The van der Waals surface area contributed by atoms with Crippen LogP contribution >= 0.6 is 0 Å². The van der Waals surface area contributed by atoms with Crippen molar-refractivity contribution in [3.05, 3.63) is 11.8 Å². The zero-order valence-electron chi connectivity index (χ0n) is 16.4. The Bertz CT molecular complexity index is 825. The van der Waals surface area contributed by atoms with Crippen molar-refractivity contribution in [2.24, 2.45) is 11.7 Å². The molecule has 0 spiro atoms. The van der Waals surface area contributed by atoms with Gasteiger partial charge in [-0.2, -0.15) is 10.4 Å². The minimum absolute atomic E-state index is 0.0683. The third kappa shape index (κ3) is 4.92. The van der Waals surface area contributed by atoms with E-state index in [9.17, 15) is 28.0 Å². The zero-order chi connectivity index (χ0) is 21.9. The SMILES string of the molecule is N#CCC1(n2cc(C(N)=O)c(NC(=O)C3CC3)n2)CCC(NCC(F)C(F)F)CC1. The molecule has 1 heterocycles. The van der Waals surface area contributed by atoms with Gasteiger partial charge in [-0.05, 0) is 38.5 Å². The Labute approximate surface area is 172 Å². The summed E-state index contributed by atoms with van der Waals surface area (Å²) in [6.07, 6.45) is -0.132. The lowest BCUT2D eigenvalue weighted by molar-refractivity contribution is -0.117. The Balaban J connectivity index is 1.73. The largest absolute Gasteiger partial charge is 0.365 e. The normalized spacial score (nSPS) is 25.0. The maximum absolute atomic E-state index is 13.2. The van der Waals surface area contributed by atoms with Gasteiger partial charge in [-0.1, -0.05) is 0 Å². The van der Waals surface area contributed by atoms with E-state index in [0.717, 1.165) is 12.8 Å². The van der Waals surface area contributed by atoms with Crippen LogP contribution in [0.15, 0.2) is 6.20 Å². The molecule has 1 atom stereocenters. The Hall–Kier alpha value is -2.61. The second-order valence-electron chi connectivity index (χ2n) is 8.06. The molecule has 164 valence electrons. The lowest BCUT2D eigenvalue weighted by Crippen LogP contribution is -2.45. The highest BCUT2D eigenvalue weighted by molar-refractivity contribution is 6.02. The predicted octanol–water partition coefficient (Wildman–Crippen LogP) is 2.07. The summed E-state index contributed by atoms with van der Waals surface area (Å²) in [5.74, 6) is -0.965. The van der Waals surface area contributed by atoms with Gasteiger partial charge in [-0.25, -0.2) is 13.2 Å². The monoisotopic (exact) mass is 426 g/mol. The summed E-state index contributed by atoms with van der Waals surface area (Å²) in [6.45, 7) is -0.432. The maximum atomic E-state index is 13.2. The number of nitrogens with one attached hydrogen (secondary N) is 2. The van der Waals surface area contributed by atoms with Crippen molar-refractivity contribution in [3.8, 4) is 6.07 Å². The van der Waals surface area contributed by atoms with Gasteiger partial charge in [0, 0.05) is 24.7 Å². The first-order valence-corrected chi connectivity index (χ1v) is 9.99. The van der Waals surface area contributed by atoms with E-state index in [1.54, 1.807) is 0 Å². The molecule has 30 heavy (non-hydrogen) atoms. The summed E-state index contributed by atoms with van der Waals surface area (Å²) < 4.78 is 39.4. The molecule has 1 aromatic heterocycles. The summed E-state index contributed by atoms with van der Waals surface area (Å²) in [5, 5.41) is 19.2. The highest BCUT2D eigenvalue weighted by atomic mass is 19.3. The van der Waals surface area contributed by atoms with Crippen molar-refractivity contribution in [1.29, 1.82) is 5.26 Å². The molecule has 0 aliphatic heterocycles. The van der Waals surface area contributed by atoms with E-state index in [0.29, 0.717) is 25.7 Å². The lowest BCUT2D eigenvalue weighted by Gasteiger charge is -2.39. The fraction of sp³-hybridized carbons (Fsp3) is 0.684. The van der Waals surface area contributed by atoms with Crippen LogP contribution in [0.1, 0.15) is 55.3 Å². The van der Waals surface area contributed by atoms with Gasteiger partial charge in [0.2, 0.25) is 5.91 Å². The van der Waals surface area contributed by atoms with Crippen molar-refractivity contribution in [2.75, 3.05) is 11.9 Å². The number of amides is 2. The number of carbonyl (C=O) groups is 2. The summed E-state index contributed by atoms with van der Waals surface area (Å²) >= 11 is 0. The van der Waals surface area contributed by atoms with Gasteiger partial charge in [-0.15, -0.1) is 0 Å². The summed E-state index contributed by atoms with van der Waals surface area (Å²) in [7, 11) is 0. The van der Waals surface area contributed by atoms with Crippen molar-refractivity contribution >= 4 is 17.6 Å². The average molecular weight is 426 g/mol. The molecule has 11 heteroatoms. The number of rotatable bonds is 9. The number of hydrogen-bond donors (Lipinski definition) is 3. The number of nitrogens with two attached hydrogens (primary N) is 1. The van der Waals surface area contributed by atoms with E-state index in [4.69, 9.17) is 5.73 Å². The van der Waals surface area contributed by atoms with E-state index >= 15 is 0 Å². The number of aromatic nitrogens is 2. The molecule has 0 aromatic carbocycles. The number of primary amides is 1. The summed E-state index contributed by atoms with van der Waals surface area (Å²) in [4.78, 5) is 24.0. The third-order valence-electron chi connectivity index (χ3n) is 5.85. The highest BCUT2D eigenvalue weighted by Gasteiger charge is 2.39. The Morgan fingerprint density at radius 3 is 2.50 bits per heavy atom. The maximum Gasteiger partial charge on any atom is 0.270 e. The quantitative estimate of drug-likeness (QED) is 0.557. The van der Waals surface area contributed by atoms with Crippen LogP contribution in [0, 0.1) is 17.2 Å². The number of carbonyl (C=O) groups excluding carboxylic acids is 2. The van der Waals surface area contributed by atoms with Crippen LogP contribution in [0.5, 0.6) is 0 Å². The molecule has 0 bridgehead atoms. The first-order chi connectivity index (χ1) is 14.3. The third-order valence-corrected chi connectivity index (χ3v) is 5.85. The number of anilines is 1. The van der Waals surface area contributed by atoms with Gasteiger partial charge in [0.25, 0.3) is 12.3 Å². The predicted molar refractivity (Wildman–Crippen MR) is 101 cm³/mol. The molecule has 2 amide bonds. The number of hydrogen-bond acceptors (Lipinski definition) is 5. The molecule has 8 nitrogen and oxygen atoms in total. The second-order valence-corrected chi connectivity index (χ2v) is 8.06. The van der Waals surface area contributed by atoms with Gasteiger partial charge in [0.05, 0.1) is 18.0 Å². The average Bonchev–Trinajstić information content (AvgIpc) is 3.47. The molecule has 0 radical (unpaired) electrons. The molecule has 2 aliphatic carbocycles. The smallest absolute Gasteiger partial charge is 0.270 e. The molecule has 1 unspecified atom stereocenters. The van der Waals surface area contributed by atoms with Crippen LogP contribution in [0.4, 0.5) is 19.0 Å². The van der Waals surface area contributed by atoms with E-state index in [-0.39, 0.29) is 35.7 Å². The Kier molecular flexibility index (Phi) is 6.65. The summed E-state index contributed by atoms with van der Waals surface area (Å²) in [6, 6.07) is 1.98. The number of halogens is 3. The van der Waals surface area contributed by atoms with Gasteiger partial charge < -0.3 is 16.4 Å². The molecular weight excluding hydrogens is 401 g/mol. The van der Waals surface area contributed by atoms with Gasteiger partial charge in [-0.3, -0.25) is 14.3 Å². The van der Waals surface area contributed by atoms with Crippen LogP contribution in [0.25, 0.3) is 0 Å². The Morgan fingerprint density at radius 1 is 1.30 bits per heavy atom. The molecular formula is C19H25F3N6O2. The van der Waals surface area contributed by atoms with Crippen molar-refractivity contribution in [3.63, 3.8) is 0 Å². The molecule has 2 saturated carbocycles. The Morgan fingerprint density at radius 2 is 1.97 bits per heavy atom. The molecule has 3 rings (SSSR count). The van der Waals surface area contributed by atoms with Gasteiger partial charge >= 0.3 is 0 Å². The van der Waals surface area contributed by atoms with Crippen LogP contribution < -0.4 is 16.4 Å². The van der Waals surface area contributed by atoms with Crippen LogP contribution in [0.3, 0.4) is 0 Å². The zero-order valence-corrected chi connectivity index (χ0v) is 16.4. The van der Waals surface area contributed by atoms with Gasteiger partial charge in [0.15, 0.2) is 12.0 Å². The summed E-state index contributed by atoms with van der Waals surface area (Å²) in [5.41, 5.74) is 4.78. The van der Waals surface area contributed by atoms with Gasteiger partial charge in [0.1, 0.15) is 5.56 Å². The number of alkyl halides is 3. The standard InChI is InChI=1S/C19H25F3N6O2/c20-14(15(21)22)9-25-12-3-5-19(6-4-12,7-8-23)28-10-13(16(24)29)17(27-28)26-18(30)11-1-2-11/h10-12,14-15,25H,1-7,9H2,(H2,24,29)(H,26,27,30). The van der Waals surface area contributed by atoms with Crippen molar-refractivity contribution in [1.82, 2.24) is 15.1 Å². The first kappa shape index (κ1) is 22.1. The minimum atomic E-state index is -3.03. The fourth-order valence-corrected chi connectivity index (χ4v) is 3.82. The lowest BCUT2D eigenvalue weighted by atomic mass is 9.77. The van der Waals surface area contributed by atoms with Crippen LogP contribution in [-0.2, 0) is 10.3 Å². The van der Waals surface area contributed by atoms with E-state index in [1.807, 2.05) is 0 Å². The van der Waals surface area contributed by atoms with E-state index < -0.39 is 30.6 Å². The molecule has 1 aromatic rings. The van der Waals surface area contributed by atoms with Crippen LogP contribution in [-0.4, -0.2) is 46.8 Å². The second kappa shape index (κ2) is 9.04. The van der Waals surface area contributed by atoms with E-state index in [2.05, 4.69) is 21.8 Å². The van der Waals surface area contributed by atoms with Crippen molar-refractivity contribution < 1.29 is 22.8 Å². The highest BCUT2D eigenvalue weighted by Crippen LogP contribution is 2.39. The first-order valence-electron chi connectivity index (χ1n) is 9.99. The molecule has 0 saturated heterocycles. The minimum Gasteiger partial charge on any atom is -0.365 e. The topological polar surface area (TPSA) is 126 Å². The molecule has 4 N–H and O–H groups in total. The molecule has 2 fully saturated rings. The van der Waals surface area contributed by atoms with Crippen molar-refractivity contribution in [2.45, 2.75) is 69.1 Å². The van der Waals surface area contributed by atoms with E-state index in [1.165, 1.54) is 10.9 Å². The van der Waals surface area contributed by atoms with Crippen LogP contribution in [0.2, 0.25) is 0 Å². The number of nitriles is 1. The number of nitrogens with zero attached hydrogens (tertiary/aromatic N) is 3.